The standard InChI is InChI=1S/C19H18N4O3S/c24-19(22-7-2-1-3-8-22)16-10-14(11-20-16)17-12-27-18(21-17)13-5-4-6-15(9-13)23(25)26/h4-6,9-12,20H,1-3,7-8H2. The van der Waals surface area contributed by atoms with E-state index in [2.05, 4.69) is 9.97 Å². The minimum absolute atomic E-state index is 0.0232. The van der Waals surface area contributed by atoms with Crippen molar-refractivity contribution >= 4 is 22.9 Å². The second-order valence-corrected chi connectivity index (χ2v) is 7.36. The molecule has 2 aromatic heterocycles. The topological polar surface area (TPSA) is 92.1 Å². The highest BCUT2D eigenvalue weighted by molar-refractivity contribution is 7.13. The summed E-state index contributed by atoms with van der Waals surface area (Å²) in [5, 5.41) is 13.6. The number of H-pyrrole nitrogens is 1. The third-order valence-corrected chi connectivity index (χ3v) is 5.55. The average Bonchev–Trinajstić information content (AvgIpc) is 3.38. The first-order valence-electron chi connectivity index (χ1n) is 8.80. The number of nitrogens with one attached hydrogen (secondary N) is 1. The van der Waals surface area contributed by atoms with E-state index in [1.54, 1.807) is 18.3 Å². The Balaban J connectivity index is 1.55. The molecule has 1 aliphatic heterocycles. The Kier molecular flexibility index (Phi) is 4.72. The van der Waals surface area contributed by atoms with Gasteiger partial charge in [0.2, 0.25) is 0 Å². The number of thiazole rings is 1. The first-order chi connectivity index (χ1) is 13.1. The Morgan fingerprint density at radius 2 is 2.00 bits per heavy atom. The van der Waals surface area contributed by atoms with Gasteiger partial charge in [-0.1, -0.05) is 12.1 Å². The molecule has 7 nitrogen and oxygen atoms in total. The lowest BCUT2D eigenvalue weighted by Crippen LogP contribution is -2.35. The van der Waals surface area contributed by atoms with Crippen LogP contribution in [0.5, 0.6) is 0 Å². The van der Waals surface area contributed by atoms with Crippen LogP contribution in [0.15, 0.2) is 41.9 Å². The van der Waals surface area contributed by atoms with Gasteiger partial charge in [0.05, 0.1) is 10.6 Å². The summed E-state index contributed by atoms with van der Waals surface area (Å²) < 4.78 is 0. The van der Waals surface area contributed by atoms with Crippen molar-refractivity contribution in [2.75, 3.05) is 13.1 Å². The molecule has 4 rings (SSSR count). The van der Waals surface area contributed by atoms with Crippen molar-refractivity contribution in [1.29, 1.82) is 0 Å². The number of rotatable bonds is 4. The normalized spacial score (nSPS) is 14.3. The van der Waals surface area contributed by atoms with Crippen LogP contribution in [0.25, 0.3) is 21.8 Å². The second kappa shape index (κ2) is 7.32. The summed E-state index contributed by atoms with van der Waals surface area (Å²) in [6.07, 6.45) is 5.07. The molecule has 0 unspecified atom stereocenters. The Morgan fingerprint density at radius 1 is 1.19 bits per heavy atom. The Labute approximate surface area is 159 Å². The monoisotopic (exact) mass is 382 g/mol. The van der Waals surface area contributed by atoms with Crippen molar-refractivity contribution in [1.82, 2.24) is 14.9 Å². The van der Waals surface area contributed by atoms with Crippen LogP contribution in [0.3, 0.4) is 0 Å². The predicted octanol–water partition coefficient (Wildman–Crippen LogP) is 4.34. The van der Waals surface area contributed by atoms with Crippen molar-refractivity contribution in [3.63, 3.8) is 0 Å². The van der Waals surface area contributed by atoms with Crippen LogP contribution < -0.4 is 0 Å². The van der Waals surface area contributed by atoms with Gasteiger partial charge >= 0.3 is 0 Å². The summed E-state index contributed by atoms with van der Waals surface area (Å²) in [7, 11) is 0. The lowest BCUT2D eigenvalue weighted by molar-refractivity contribution is -0.384. The van der Waals surface area contributed by atoms with Gasteiger partial charge in [-0.05, 0) is 25.3 Å². The van der Waals surface area contributed by atoms with Crippen LogP contribution in [-0.2, 0) is 0 Å². The Hall–Kier alpha value is -3.00. The number of aromatic amines is 1. The van der Waals surface area contributed by atoms with E-state index in [0.717, 1.165) is 37.2 Å². The minimum Gasteiger partial charge on any atom is -0.357 e. The molecule has 0 radical (unpaired) electrons. The van der Waals surface area contributed by atoms with Gasteiger partial charge in [-0.2, -0.15) is 0 Å². The van der Waals surface area contributed by atoms with Crippen molar-refractivity contribution < 1.29 is 9.72 Å². The molecule has 138 valence electrons. The summed E-state index contributed by atoms with van der Waals surface area (Å²) >= 11 is 1.42. The number of hydrogen-bond donors (Lipinski definition) is 1. The molecule has 0 aliphatic carbocycles. The molecule has 1 fully saturated rings. The maximum absolute atomic E-state index is 12.6. The fraction of sp³-hybridized carbons (Fsp3) is 0.263. The van der Waals surface area contributed by atoms with Crippen LogP contribution in [0, 0.1) is 10.1 Å². The molecule has 1 saturated heterocycles. The van der Waals surface area contributed by atoms with Crippen molar-refractivity contribution in [3.8, 4) is 21.8 Å². The molecule has 3 heterocycles. The fourth-order valence-electron chi connectivity index (χ4n) is 3.22. The molecule has 1 aromatic carbocycles. The molecule has 1 aliphatic rings. The van der Waals surface area contributed by atoms with Crippen LogP contribution in [0.1, 0.15) is 29.8 Å². The molecule has 27 heavy (non-hydrogen) atoms. The number of likely N-dealkylation sites (tertiary alicyclic amines) is 1. The number of aromatic nitrogens is 2. The smallest absolute Gasteiger partial charge is 0.270 e. The van der Waals surface area contributed by atoms with E-state index < -0.39 is 4.92 Å². The largest absolute Gasteiger partial charge is 0.357 e. The lowest BCUT2D eigenvalue weighted by atomic mass is 10.1. The quantitative estimate of drug-likeness (QED) is 0.537. The number of non-ortho nitro benzene ring substituents is 1. The number of nitrogens with zero attached hydrogens (tertiary/aromatic N) is 3. The molecule has 3 aromatic rings. The highest BCUT2D eigenvalue weighted by atomic mass is 32.1. The number of carbonyl (C=O) groups is 1. The lowest BCUT2D eigenvalue weighted by Gasteiger charge is -2.26. The number of amides is 1. The summed E-state index contributed by atoms with van der Waals surface area (Å²) in [5.74, 6) is 0.0232. The van der Waals surface area contributed by atoms with E-state index in [1.165, 1.54) is 29.9 Å². The zero-order valence-corrected chi connectivity index (χ0v) is 15.4. The summed E-state index contributed by atoms with van der Waals surface area (Å²) in [6.45, 7) is 1.61. The van der Waals surface area contributed by atoms with E-state index in [-0.39, 0.29) is 11.6 Å². The number of carbonyl (C=O) groups excluding carboxylic acids is 1. The summed E-state index contributed by atoms with van der Waals surface area (Å²) in [5.41, 5.74) is 2.90. The maximum atomic E-state index is 12.6. The van der Waals surface area contributed by atoms with Gasteiger partial charge in [0.1, 0.15) is 10.7 Å². The van der Waals surface area contributed by atoms with Crippen molar-refractivity contribution in [2.24, 2.45) is 0 Å². The van der Waals surface area contributed by atoms with Crippen LogP contribution in [0.2, 0.25) is 0 Å². The van der Waals surface area contributed by atoms with E-state index >= 15 is 0 Å². The van der Waals surface area contributed by atoms with Gasteiger partial charge in [-0.15, -0.1) is 11.3 Å². The molecule has 0 bridgehead atoms. The first kappa shape index (κ1) is 17.4. The number of hydrogen-bond acceptors (Lipinski definition) is 5. The molecule has 1 amide bonds. The van der Waals surface area contributed by atoms with Crippen LogP contribution >= 0.6 is 11.3 Å². The highest BCUT2D eigenvalue weighted by Crippen LogP contribution is 2.31. The van der Waals surface area contributed by atoms with Gasteiger partial charge in [0.15, 0.2) is 0 Å². The van der Waals surface area contributed by atoms with Crippen molar-refractivity contribution in [3.05, 3.63) is 57.7 Å². The Morgan fingerprint density at radius 3 is 2.78 bits per heavy atom. The number of benzene rings is 1. The minimum atomic E-state index is -0.414. The van der Waals surface area contributed by atoms with Gasteiger partial charge in [0.25, 0.3) is 11.6 Å². The van der Waals surface area contributed by atoms with Gasteiger partial charge in [-0.25, -0.2) is 4.98 Å². The fourth-order valence-corrected chi connectivity index (χ4v) is 4.05. The van der Waals surface area contributed by atoms with E-state index in [0.29, 0.717) is 16.3 Å². The molecular formula is C19H18N4O3S. The van der Waals surface area contributed by atoms with E-state index in [1.807, 2.05) is 16.3 Å². The van der Waals surface area contributed by atoms with Crippen LogP contribution in [0.4, 0.5) is 5.69 Å². The van der Waals surface area contributed by atoms with Crippen LogP contribution in [-0.4, -0.2) is 38.8 Å². The number of piperidine rings is 1. The van der Waals surface area contributed by atoms with E-state index in [9.17, 15) is 14.9 Å². The van der Waals surface area contributed by atoms with Crippen molar-refractivity contribution in [2.45, 2.75) is 19.3 Å². The second-order valence-electron chi connectivity index (χ2n) is 6.50. The number of nitro benzene ring substituents is 1. The molecule has 0 atom stereocenters. The van der Waals surface area contributed by atoms with E-state index in [4.69, 9.17) is 0 Å². The van der Waals surface area contributed by atoms with Gasteiger partial charge in [-0.3, -0.25) is 14.9 Å². The first-order valence-corrected chi connectivity index (χ1v) is 9.68. The highest BCUT2D eigenvalue weighted by Gasteiger charge is 2.20. The van der Waals surface area contributed by atoms with Gasteiger partial charge < -0.3 is 9.88 Å². The maximum Gasteiger partial charge on any atom is 0.270 e. The zero-order valence-electron chi connectivity index (χ0n) is 14.6. The molecule has 0 saturated carbocycles. The summed E-state index contributed by atoms with van der Waals surface area (Å²) in [4.78, 5) is 32.7. The third-order valence-electron chi connectivity index (χ3n) is 4.66. The Bertz CT molecular complexity index is 988. The predicted molar refractivity (Wildman–Crippen MR) is 104 cm³/mol. The zero-order chi connectivity index (χ0) is 18.8. The summed E-state index contributed by atoms with van der Waals surface area (Å²) in [6, 6.07) is 8.26. The SMILES string of the molecule is O=C(c1cc(-c2csc(-c3cccc([N+](=O)[O-])c3)n2)c[nH]1)N1CCCCC1. The third kappa shape index (κ3) is 3.61. The number of nitro groups is 1. The molecule has 0 spiro atoms. The molecule has 8 heteroatoms. The average molecular weight is 382 g/mol. The molecule has 1 N–H and O–H groups in total. The molecular weight excluding hydrogens is 364 g/mol. The van der Waals surface area contributed by atoms with Gasteiger partial charge in [0, 0.05) is 47.9 Å².